The Hall–Kier alpha value is -3.43. The number of aromatic nitrogens is 4. The highest BCUT2D eigenvalue weighted by atomic mass is 19.4. The van der Waals surface area contributed by atoms with E-state index in [1.54, 1.807) is 30.6 Å². The van der Waals surface area contributed by atoms with Crippen LogP contribution in [0.1, 0.15) is 28.8 Å². The van der Waals surface area contributed by atoms with Crippen LogP contribution in [0.15, 0.2) is 55.0 Å². The summed E-state index contributed by atoms with van der Waals surface area (Å²) in [4.78, 5) is 22.9. The molecule has 2 bridgehead atoms. The Morgan fingerprint density at radius 1 is 0.968 bits per heavy atom. The second kappa shape index (κ2) is 6.29. The van der Waals surface area contributed by atoms with E-state index in [-0.39, 0.29) is 30.1 Å². The van der Waals surface area contributed by atoms with Crippen LogP contribution < -0.4 is 4.90 Å². The number of hydrogen-bond donors (Lipinski definition) is 0. The van der Waals surface area contributed by atoms with E-state index in [0.29, 0.717) is 17.1 Å². The van der Waals surface area contributed by atoms with Crippen LogP contribution in [0.25, 0.3) is 5.69 Å². The number of halogens is 3. The number of anilines is 1. The molecule has 4 unspecified atom stereocenters. The number of para-hydroxylation sites is 1. The van der Waals surface area contributed by atoms with Crippen molar-refractivity contribution in [1.29, 1.82) is 0 Å². The minimum Gasteiger partial charge on any atom is -0.342 e. The third-order valence-electron chi connectivity index (χ3n) is 6.50. The van der Waals surface area contributed by atoms with Gasteiger partial charge in [0.1, 0.15) is 5.82 Å². The fourth-order valence-electron chi connectivity index (χ4n) is 5.28. The molecule has 0 N–H and O–H groups in total. The fraction of sp³-hybridized carbons (Fsp3) is 0.333. The molecular formula is C21H17F3N6O. The summed E-state index contributed by atoms with van der Waals surface area (Å²) in [5, 5.41) is 8.28. The molecule has 31 heavy (non-hydrogen) atoms. The highest BCUT2D eigenvalue weighted by Gasteiger charge is 2.69. The normalized spacial score (nSPS) is 26.3. The van der Waals surface area contributed by atoms with Crippen LogP contribution >= 0.6 is 0 Å². The molecule has 3 saturated heterocycles. The molecule has 3 fully saturated rings. The molecule has 4 atom stereocenters. The average Bonchev–Trinajstić information content (AvgIpc) is 3.11. The number of piperazine rings is 1. The number of alkyl halides is 3. The maximum atomic E-state index is 13.5. The molecule has 1 aromatic carbocycles. The largest absolute Gasteiger partial charge is 0.416 e. The lowest BCUT2D eigenvalue weighted by molar-refractivity contribution is -0.137. The summed E-state index contributed by atoms with van der Waals surface area (Å²) in [6.45, 7) is 0. The molecule has 1 amide bonds. The van der Waals surface area contributed by atoms with E-state index in [0.717, 1.165) is 25.0 Å². The second-order valence-electron chi connectivity index (χ2n) is 8.05. The predicted octanol–water partition coefficient (Wildman–Crippen LogP) is 2.93. The van der Waals surface area contributed by atoms with Crippen LogP contribution in [0.3, 0.4) is 0 Å². The van der Waals surface area contributed by atoms with E-state index in [1.165, 1.54) is 11.0 Å². The number of hydrogen-bond acceptors (Lipinski definition) is 5. The summed E-state index contributed by atoms with van der Waals surface area (Å²) in [6, 6.07) is 9.19. The van der Waals surface area contributed by atoms with Gasteiger partial charge >= 0.3 is 6.18 Å². The average molecular weight is 426 g/mol. The zero-order valence-electron chi connectivity index (χ0n) is 16.1. The summed E-state index contributed by atoms with van der Waals surface area (Å²) < 4.78 is 39.3. The molecule has 3 aromatic rings. The molecule has 0 aliphatic carbocycles. The smallest absolute Gasteiger partial charge is 0.342 e. The van der Waals surface area contributed by atoms with E-state index in [1.807, 2.05) is 15.9 Å². The van der Waals surface area contributed by atoms with Gasteiger partial charge in [-0.15, -0.1) is 0 Å². The predicted molar refractivity (Wildman–Crippen MR) is 104 cm³/mol. The van der Waals surface area contributed by atoms with Crippen LogP contribution in [0.2, 0.25) is 0 Å². The van der Waals surface area contributed by atoms with Crippen molar-refractivity contribution < 1.29 is 18.0 Å². The quantitative estimate of drug-likeness (QED) is 0.603. The molecule has 6 rings (SSSR count). The van der Waals surface area contributed by atoms with Gasteiger partial charge in [0.05, 0.1) is 53.4 Å². The fourth-order valence-corrected chi connectivity index (χ4v) is 5.28. The Kier molecular flexibility index (Phi) is 3.72. The Morgan fingerprint density at radius 2 is 1.65 bits per heavy atom. The zero-order chi connectivity index (χ0) is 21.3. The van der Waals surface area contributed by atoms with Gasteiger partial charge in [-0.05, 0) is 37.1 Å². The van der Waals surface area contributed by atoms with Crippen molar-refractivity contribution in [2.24, 2.45) is 0 Å². The van der Waals surface area contributed by atoms with E-state index in [9.17, 15) is 18.0 Å². The summed E-state index contributed by atoms with van der Waals surface area (Å²) in [7, 11) is 0. The number of carbonyl (C=O) groups excluding carboxylic acids is 1. The summed E-state index contributed by atoms with van der Waals surface area (Å²) >= 11 is 0. The Morgan fingerprint density at radius 3 is 2.32 bits per heavy atom. The minimum atomic E-state index is -4.41. The molecule has 10 heteroatoms. The number of carbonyl (C=O) groups is 1. The molecule has 7 nitrogen and oxygen atoms in total. The number of rotatable bonds is 3. The molecule has 5 heterocycles. The summed E-state index contributed by atoms with van der Waals surface area (Å²) in [5.74, 6) is 0.236. The third-order valence-corrected chi connectivity index (χ3v) is 6.50. The van der Waals surface area contributed by atoms with E-state index in [4.69, 9.17) is 0 Å². The van der Waals surface area contributed by atoms with Crippen molar-refractivity contribution in [3.05, 3.63) is 66.1 Å². The first-order valence-corrected chi connectivity index (χ1v) is 10.0. The topological polar surface area (TPSA) is 66.9 Å². The Balaban J connectivity index is 1.28. The van der Waals surface area contributed by atoms with Gasteiger partial charge in [0.25, 0.3) is 5.91 Å². The van der Waals surface area contributed by atoms with Crippen LogP contribution in [0.4, 0.5) is 19.0 Å². The number of pyridine rings is 1. The first-order valence-electron chi connectivity index (χ1n) is 10.0. The SMILES string of the molecule is O=C(c1ccccc1-n1nccn1)N1C2CCC1C1C2N1c1cc(C(F)(F)F)ccn1. The maximum Gasteiger partial charge on any atom is 0.416 e. The Bertz CT molecular complexity index is 1150. The minimum absolute atomic E-state index is 0.00803. The van der Waals surface area contributed by atoms with E-state index >= 15 is 0 Å². The highest BCUT2D eigenvalue weighted by molar-refractivity contribution is 5.99. The van der Waals surface area contributed by atoms with E-state index < -0.39 is 11.7 Å². The van der Waals surface area contributed by atoms with Gasteiger partial charge in [0, 0.05) is 6.20 Å². The number of nitrogens with zero attached hydrogens (tertiary/aromatic N) is 6. The van der Waals surface area contributed by atoms with Crippen molar-refractivity contribution in [3.8, 4) is 5.69 Å². The third kappa shape index (κ3) is 2.67. The molecular weight excluding hydrogens is 409 g/mol. The zero-order valence-corrected chi connectivity index (χ0v) is 16.1. The molecule has 0 saturated carbocycles. The van der Waals surface area contributed by atoms with Crippen molar-refractivity contribution in [1.82, 2.24) is 24.9 Å². The van der Waals surface area contributed by atoms with E-state index in [2.05, 4.69) is 15.2 Å². The number of benzene rings is 1. The van der Waals surface area contributed by atoms with Gasteiger partial charge in [0.2, 0.25) is 0 Å². The molecule has 158 valence electrons. The maximum absolute atomic E-state index is 13.5. The monoisotopic (exact) mass is 426 g/mol. The lowest BCUT2D eigenvalue weighted by atomic mass is 10.0. The lowest BCUT2D eigenvalue weighted by Gasteiger charge is -2.29. The van der Waals surface area contributed by atoms with Crippen molar-refractivity contribution >= 4 is 11.7 Å². The summed E-state index contributed by atoms with van der Waals surface area (Å²) in [6.07, 6.45) is 1.55. The molecule has 0 radical (unpaired) electrons. The van der Waals surface area contributed by atoms with Gasteiger partial charge in [-0.25, -0.2) is 4.98 Å². The Labute approximate surface area is 175 Å². The first-order chi connectivity index (χ1) is 14.9. The lowest BCUT2D eigenvalue weighted by Crippen LogP contribution is -2.43. The van der Waals surface area contributed by atoms with Gasteiger partial charge in [-0.3, -0.25) is 4.79 Å². The van der Waals surface area contributed by atoms with Crippen LogP contribution in [0.5, 0.6) is 0 Å². The van der Waals surface area contributed by atoms with Crippen LogP contribution in [-0.2, 0) is 6.18 Å². The van der Waals surface area contributed by atoms with Gasteiger partial charge in [0.15, 0.2) is 0 Å². The molecule has 3 aliphatic heterocycles. The second-order valence-corrected chi connectivity index (χ2v) is 8.05. The molecule has 0 spiro atoms. The van der Waals surface area contributed by atoms with Gasteiger partial charge in [-0.1, -0.05) is 12.1 Å². The van der Waals surface area contributed by atoms with Crippen LogP contribution in [0, 0.1) is 0 Å². The van der Waals surface area contributed by atoms with Crippen LogP contribution in [-0.4, -0.2) is 55.0 Å². The van der Waals surface area contributed by atoms with Crippen molar-refractivity contribution in [2.75, 3.05) is 4.90 Å². The highest BCUT2D eigenvalue weighted by Crippen LogP contribution is 2.54. The summed E-state index contributed by atoms with van der Waals surface area (Å²) in [5.41, 5.74) is 0.415. The molecule has 3 aliphatic rings. The van der Waals surface area contributed by atoms with Gasteiger partial charge in [-0.2, -0.15) is 28.2 Å². The number of amides is 1. The standard InChI is InChI=1S/C21H17F3N6O/c22-21(23,24)12-7-8-25-17(11-12)29-18-15-5-6-16(19(18)29)28(15)20(31)13-3-1-2-4-14(13)30-26-9-10-27-30/h1-4,7-11,15-16,18-19H,5-6H2. The molecule has 2 aromatic heterocycles. The van der Waals surface area contributed by atoms with Crippen molar-refractivity contribution in [2.45, 2.75) is 43.2 Å². The van der Waals surface area contributed by atoms with Gasteiger partial charge < -0.3 is 9.80 Å². The number of fused-ring (bicyclic) bond motifs is 5. The van der Waals surface area contributed by atoms with Crippen molar-refractivity contribution in [3.63, 3.8) is 0 Å². The first kappa shape index (κ1) is 18.3.